The summed E-state index contributed by atoms with van der Waals surface area (Å²) in [5, 5.41) is 5.90. The van der Waals surface area contributed by atoms with Crippen molar-refractivity contribution in [3.05, 3.63) is 0 Å². The maximum absolute atomic E-state index is 12.1. The molecule has 1 aliphatic rings. The quantitative estimate of drug-likeness (QED) is 0.668. The van der Waals surface area contributed by atoms with Crippen LogP contribution in [-0.2, 0) is 0 Å². The molecule has 1 fully saturated rings. The molecule has 0 spiro atoms. The number of halogens is 3. The second kappa shape index (κ2) is 3.62. The molecular formula is C7H13F3N2. The molecule has 12 heavy (non-hydrogen) atoms. The highest BCUT2D eigenvalue weighted by Crippen LogP contribution is 2.29. The fourth-order valence-electron chi connectivity index (χ4n) is 1.26. The van der Waals surface area contributed by atoms with Gasteiger partial charge in [-0.05, 0) is 6.42 Å². The van der Waals surface area contributed by atoms with Crippen molar-refractivity contribution in [2.75, 3.05) is 13.2 Å². The first kappa shape index (κ1) is 9.80. The number of hydrogen-bond acceptors (Lipinski definition) is 2. The molecule has 0 aromatic heterocycles. The minimum atomic E-state index is -4.05. The second-order valence-electron chi connectivity index (χ2n) is 3.21. The Morgan fingerprint density at radius 2 is 2.17 bits per heavy atom. The van der Waals surface area contributed by atoms with Gasteiger partial charge in [-0.25, -0.2) is 0 Å². The molecule has 5 heteroatoms. The molecule has 0 aliphatic carbocycles. The van der Waals surface area contributed by atoms with E-state index in [0.29, 0.717) is 13.2 Å². The molecule has 1 aliphatic heterocycles. The van der Waals surface area contributed by atoms with Crippen LogP contribution >= 0.6 is 0 Å². The second-order valence-corrected chi connectivity index (χ2v) is 3.21. The Balaban J connectivity index is 2.30. The number of rotatable bonds is 2. The third-order valence-corrected chi connectivity index (χ3v) is 2.10. The van der Waals surface area contributed by atoms with Gasteiger partial charge in [0.15, 0.2) is 0 Å². The summed E-state index contributed by atoms with van der Waals surface area (Å²) >= 11 is 0. The minimum absolute atomic E-state index is 0.0263. The zero-order valence-electron chi connectivity index (χ0n) is 6.91. The first-order valence-electron chi connectivity index (χ1n) is 4.01. The van der Waals surface area contributed by atoms with Crippen molar-refractivity contribution in [2.24, 2.45) is 5.92 Å². The summed E-state index contributed by atoms with van der Waals surface area (Å²) in [5.41, 5.74) is 0. The van der Waals surface area contributed by atoms with E-state index in [9.17, 15) is 13.2 Å². The molecule has 1 saturated heterocycles. The lowest BCUT2D eigenvalue weighted by atomic mass is 10.0. The maximum Gasteiger partial charge on any atom is 0.391 e. The number of hydrogen-bond donors (Lipinski definition) is 2. The van der Waals surface area contributed by atoms with Crippen LogP contribution in [0.1, 0.15) is 13.3 Å². The summed E-state index contributed by atoms with van der Waals surface area (Å²) in [4.78, 5) is 0. The molecule has 0 aromatic carbocycles. The van der Waals surface area contributed by atoms with E-state index in [1.807, 2.05) is 0 Å². The lowest BCUT2D eigenvalue weighted by molar-refractivity contribution is -0.172. The molecule has 2 unspecified atom stereocenters. The number of nitrogens with one attached hydrogen (secondary N) is 2. The van der Waals surface area contributed by atoms with Crippen LogP contribution in [-0.4, -0.2) is 25.4 Å². The first-order valence-corrected chi connectivity index (χ1v) is 4.01. The lowest BCUT2D eigenvalue weighted by Crippen LogP contribution is -2.31. The minimum Gasteiger partial charge on any atom is -0.303 e. The van der Waals surface area contributed by atoms with Crippen molar-refractivity contribution in [1.82, 2.24) is 10.6 Å². The largest absolute Gasteiger partial charge is 0.391 e. The van der Waals surface area contributed by atoms with E-state index >= 15 is 0 Å². The predicted octanol–water partition coefficient (Wildman–Crippen LogP) is 1.09. The van der Waals surface area contributed by atoms with Gasteiger partial charge in [0, 0.05) is 19.3 Å². The standard InChI is InChI=1S/C7H13F3N2/c1-5(7(8,9)10)2-6-3-11-4-12-6/h5-6,11-12H,2-4H2,1H3. The smallest absolute Gasteiger partial charge is 0.303 e. The summed E-state index contributed by atoms with van der Waals surface area (Å²) < 4.78 is 36.2. The van der Waals surface area contributed by atoms with Gasteiger partial charge in [0.1, 0.15) is 0 Å². The molecule has 2 N–H and O–H groups in total. The van der Waals surface area contributed by atoms with E-state index in [1.54, 1.807) is 0 Å². The Hall–Kier alpha value is -0.290. The topological polar surface area (TPSA) is 24.1 Å². The van der Waals surface area contributed by atoms with E-state index in [4.69, 9.17) is 0 Å². The lowest BCUT2D eigenvalue weighted by Gasteiger charge is -2.18. The fourth-order valence-corrected chi connectivity index (χ4v) is 1.26. The Morgan fingerprint density at radius 3 is 2.58 bits per heavy atom. The monoisotopic (exact) mass is 182 g/mol. The normalized spacial score (nSPS) is 27.5. The van der Waals surface area contributed by atoms with Gasteiger partial charge in [0.25, 0.3) is 0 Å². The molecule has 0 amide bonds. The molecule has 0 aromatic rings. The molecule has 1 heterocycles. The summed E-state index contributed by atoms with van der Waals surface area (Å²) in [6.45, 7) is 2.48. The summed E-state index contributed by atoms with van der Waals surface area (Å²) in [5.74, 6) is -1.21. The molecule has 1 rings (SSSR count). The van der Waals surface area contributed by atoms with Crippen molar-refractivity contribution in [3.8, 4) is 0 Å². The van der Waals surface area contributed by atoms with Gasteiger partial charge in [-0.1, -0.05) is 6.92 Å². The van der Waals surface area contributed by atoms with E-state index in [0.717, 1.165) is 0 Å². The van der Waals surface area contributed by atoms with Crippen molar-refractivity contribution >= 4 is 0 Å². The van der Waals surface area contributed by atoms with Crippen LogP contribution in [0.3, 0.4) is 0 Å². The van der Waals surface area contributed by atoms with Crippen LogP contribution in [0.4, 0.5) is 13.2 Å². The van der Waals surface area contributed by atoms with E-state index in [1.165, 1.54) is 6.92 Å². The van der Waals surface area contributed by atoms with E-state index < -0.39 is 12.1 Å². The van der Waals surface area contributed by atoms with Crippen LogP contribution in [0.15, 0.2) is 0 Å². The molecule has 2 atom stereocenters. The Kier molecular flexibility index (Phi) is 2.95. The molecule has 2 nitrogen and oxygen atoms in total. The van der Waals surface area contributed by atoms with Gasteiger partial charge in [-0.2, -0.15) is 13.2 Å². The van der Waals surface area contributed by atoms with Gasteiger partial charge >= 0.3 is 6.18 Å². The van der Waals surface area contributed by atoms with Crippen molar-refractivity contribution < 1.29 is 13.2 Å². The van der Waals surface area contributed by atoms with Crippen molar-refractivity contribution in [2.45, 2.75) is 25.6 Å². The molecule has 72 valence electrons. The zero-order valence-corrected chi connectivity index (χ0v) is 6.91. The van der Waals surface area contributed by atoms with Crippen molar-refractivity contribution in [1.29, 1.82) is 0 Å². The van der Waals surface area contributed by atoms with Gasteiger partial charge in [0.2, 0.25) is 0 Å². The van der Waals surface area contributed by atoms with Crippen LogP contribution in [0.25, 0.3) is 0 Å². The molecule has 0 bridgehead atoms. The van der Waals surface area contributed by atoms with Gasteiger partial charge in [-0.3, -0.25) is 0 Å². The highest BCUT2D eigenvalue weighted by Gasteiger charge is 2.37. The SMILES string of the molecule is CC(CC1CNCN1)C(F)(F)F. The molecule has 0 saturated carbocycles. The van der Waals surface area contributed by atoms with Gasteiger partial charge in [0.05, 0.1) is 5.92 Å². The van der Waals surface area contributed by atoms with Crippen LogP contribution in [0.5, 0.6) is 0 Å². The Morgan fingerprint density at radius 1 is 1.50 bits per heavy atom. The van der Waals surface area contributed by atoms with Crippen LogP contribution < -0.4 is 10.6 Å². The Bertz CT molecular complexity index is 140. The number of alkyl halides is 3. The summed E-state index contributed by atoms with van der Waals surface area (Å²) in [6.07, 6.45) is -3.89. The highest BCUT2D eigenvalue weighted by molar-refractivity contribution is 4.79. The Labute approximate surface area is 69.5 Å². The third-order valence-electron chi connectivity index (χ3n) is 2.10. The predicted molar refractivity (Wildman–Crippen MR) is 39.6 cm³/mol. The zero-order chi connectivity index (χ0) is 9.19. The van der Waals surface area contributed by atoms with Crippen molar-refractivity contribution in [3.63, 3.8) is 0 Å². The van der Waals surface area contributed by atoms with Gasteiger partial charge < -0.3 is 10.6 Å². The average Bonchev–Trinajstić information content (AvgIpc) is 2.37. The summed E-state index contributed by atoms with van der Waals surface area (Å²) in [7, 11) is 0. The fraction of sp³-hybridized carbons (Fsp3) is 1.00. The molecule has 0 radical (unpaired) electrons. The third kappa shape index (κ3) is 2.64. The molecular weight excluding hydrogens is 169 g/mol. The first-order chi connectivity index (χ1) is 5.50. The summed E-state index contributed by atoms with van der Waals surface area (Å²) in [6, 6.07) is -0.0263. The van der Waals surface area contributed by atoms with Crippen LogP contribution in [0.2, 0.25) is 0 Å². The van der Waals surface area contributed by atoms with Crippen LogP contribution in [0, 0.1) is 5.92 Å². The van der Waals surface area contributed by atoms with E-state index in [-0.39, 0.29) is 12.5 Å². The maximum atomic E-state index is 12.1. The van der Waals surface area contributed by atoms with E-state index in [2.05, 4.69) is 10.6 Å². The highest BCUT2D eigenvalue weighted by atomic mass is 19.4. The van der Waals surface area contributed by atoms with Gasteiger partial charge in [-0.15, -0.1) is 0 Å². The average molecular weight is 182 g/mol.